The molecular weight excluding hydrogens is 404 g/mol. The van der Waals surface area contributed by atoms with Crippen LogP contribution in [-0.2, 0) is 27.5 Å². The lowest BCUT2D eigenvalue weighted by molar-refractivity contribution is -0.384. The number of oxazole rings is 1. The minimum Gasteiger partial charge on any atom is -0.458 e. The quantitative estimate of drug-likeness (QED) is 0.322. The van der Waals surface area contributed by atoms with Crippen molar-refractivity contribution in [3.63, 3.8) is 0 Å². The number of rotatable bonds is 7. The topological polar surface area (TPSA) is 138 Å². The first-order valence-electron chi connectivity index (χ1n) is 8.46. The molecule has 11 nitrogen and oxygen atoms in total. The first-order chi connectivity index (χ1) is 13.8. The fourth-order valence-corrected chi connectivity index (χ4v) is 3.54. The van der Waals surface area contributed by atoms with Gasteiger partial charge in [0, 0.05) is 24.9 Å². The molecule has 0 bridgehead atoms. The zero-order valence-electron chi connectivity index (χ0n) is 15.5. The number of carbonyl (C=O) groups excluding carboxylic acids is 2. The number of esters is 1. The third-order valence-corrected chi connectivity index (χ3v) is 4.91. The molecule has 0 spiro atoms. The Kier molecular flexibility index (Phi) is 5.73. The highest BCUT2D eigenvalue weighted by Crippen LogP contribution is 2.22. The van der Waals surface area contributed by atoms with Gasteiger partial charge in [-0.05, 0) is 13.0 Å². The number of nitro groups is 1. The summed E-state index contributed by atoms with van der Waals surface area (Å²) < 4.78 is 11.1. The average molecular weight is 420 g/mol. The van der Waals surface area contributed by atoms with Gasteiger partial charge in [-0.25, -0.2) is 9.78 Å². The molecule has 0 N–H and O–H groups in total. The van der Waals surface area contributed by atoms with Crippen LogP contribution in [-0.4, -0.2) is 32.9 Å². The second-order valence-corrected chi connectivity index (χ2v) is 6.75. The molecule has 0 saturated heterocycles. The van der Waals surface area contributed by atoms with Gasteiger partial charge in [-0.15, -0.1) is 11.3 Å². The number of amides is 1. The lowest BCUT2D eigenvalue weighted by Crippen LogP contribution is -2.27. The summed E-state index contributed by atoms with van der Waals surface area (Å²) >= 11 is 1.25. The van der Waals surface area contributed by atoms with Gasteiger partial charge in [-0.2, -0.15) is 0 Å². The first-order valence-corrected chi connectivity index (χ1v) is 9.34. The monoisotopic (exact) mass is 420 g/mol. The molecule has 3 rings (SSSR count). The van der Waals surface area contributed by atoms with E-state index in [2.05, 4.69) is 4.98 Å². The van der Waals surface area contributed by atoms with Crippen LogP contribution >= 0.6 is 11.3 Å². The van der Waals surface area contributed by atoms with Crippen molar-refractivity contribution in [3.8, 4) is 0 Å². The van der Waals surface area contributed by atoms with Crippen molar-refractivity contribution < 1.29 is 23.7 Å². The lowest BCUT2D eigenvalue weighted by atomic mass is 10.3. The Morgan fingerprint density at radius 2 is 2.17 bits per heavy atom. The van der Waals surface area contributed by atoms with Crippen LogP contribution in [0.4, 0.5) is 10.8 Å². The van der Waals surface area contributed by atoms with E-state index in [-0.39, 0.29) is 29.3 Å². The predicted molar refractivity (Wildman–Crippen MR) is 103 cm³/mol. The summed E-state index contributed by atoms with van der Waals surface area (Å²) in [7, 11) is 0. The Morgan fingerprint density at radius 1 is 1.41 bits per heavy atom. The molecule has 12 heteroatoms. The highest BCUT2D eigenvalue weighted by atomic mass is 32.1. The molecule has 1 amide bonds. The number of nitro benzene ring substituents is 1. The Bertz CT molecular complexity index is 1150. The average Bonchev–Trinajstić information content (AvgIpc) is 3.24. The molecule has 0 atom stereocenters. The Labute approximate surface area is 167 Å². The van der Waals surface area contributed by atoms with E-state index in [1.165, 1.54) is 35.3 Å². The molecule has 0 radical (unpaired) electrons. The van der Waals surface area contributed by atoms with Crippen LogP contribution in [0.15, 0.2) is 32.8 Å². The highest BCUT2D eigenvalue weighted by Gasteiger charge is 2.18. The van der Waals surface area contributed by atoms with Gasteiger partial charge in [-0.3, -0.25) is 29.2 Å². The number of hydrogen-bond donors (Lipinski definition) is 0. The number of hydrogen-bond acceptors (Lipinski definition) is 9. The molecule has 1 aromatic carbocycles. The van der Waals surface area contributed by atoms with E-state index in [4.69, 9.17) is 9.15 Å². The van der Waals surface area contributed by atoms with Gasteiger partial charge in [0.15, 0.2) is 10.7 Å². The van der Waals surface area contributed by atoms with Crippen molar-refractivity contribution in [2.75, 3.05) is 11.4 Å². The van der Waals surface area contributed by atoms with Crippen molar-refractivity contribution >= 4 is 45.1 Å². The van der Waals surface area contributed by atoms with Crippen LogP contribution in [0.25, 0.3) is 11.1 Å². The van der Waals surface area contributed by atoms with E-state index >= 15 is 0 Å². The number of benzene rings is 1. The minimum absolute atomic E-state index is 0.00466. The Hall–Kier alpha value is -3.54. The fraction of sp³-hybridized carbons (Fsp3) is 0.294. The number of nitrogens with zero attached hydrogens (tertiary/aromatic N) is 4. The van der Waals surface area contributed by atoms with Crippen LogP contribution in [0.3, 0.4) is 0 Å². The molecule has 0 aliphatic heterocycles. The molecule has 0 unspecified atom stereocenters. The molecule has 2 aromatic heterocycles. The second-order valence-electron chi connectivity index (χ2n) is 5.91. The summed E-state index contributed by atoms with van der Waals surface area (Å²) in [5.41, 5.74) is 0.489. The number of ether oxygens (including phenoxy) is 1. The number of fused-ring (bicyclic) bond motifs is 1. The largest absolute Gasteiger partial charge is 0.458 e. The Morgan fingerprint density at radius 3 is 2.83 bits per heavy atom. The van der Waals surface area contributed by atoms with Crippen LogP contribution < -0.4 is 10.7 Å². The maximum atomic E-state index is 12.1. The van der Waals surface area contributed by atoms with Crippen molar-refractivity contribution in [2.24, 2.45) is 0 Å². The summed E-state index contributed by atoms with van der Waals surface area (Å²) in [6, 6.07) is 3.66. The first kappa shape index (κ1) is 20.2. The van der Waals surface area contributed by atoms with Crippen LogP contribution in [0.5, 0.6) is 0 Å². The maximum Gasteiger partial charge on any atom is 0.420 e. The van der Waals surface area contributed by atoms with Crippen LogP contribution in [0, 0.1) is 10.1 Å². The molecule has 0 saturated carbocycles. The van der Waals surface area contributed by atoms with E-state index < -0.39 is 23.2 Å². The van der Waals surface area contributed by atoms with Gasteiger partial charge in [0.25, 0.3) is 5.69 Å². The van der Waals surface area contributed by atoms with Crippen molar-refractivity contribution in [1.29, 1.82) is 0 Å². The van der Waals surface area contributed by atoms with E-state index in [1.54, 1.807) is 5.38 Å². The lowest BCUT2D eigenvalue weighted by Gasteiger charge is -2.14. The Balaban J connectivity index is 1.68. The SMILES string of the molecule is CCN(C(C)=O)c1nc(COC(=O)Cn2c(=O)oc3cc([N+](=O)[O-])ccc32)cs1. The smallest absolute Gasteiger partial charge is 0.420 e. The third kappa shape index (κ3) is 4.32. The zero-order chi connectivity index (χ0) is 21.1. The summed E-state index contributed by atoms with van der Waals surface area (Å²) in [5, 5.41) is 13.0. The van der Waals surface area contributed by atoms with E-state index in [1.807, 2.05) is 6.92 Å². The summed E-state index contributed by atoms with van der Waals surface area (Å²) in [5.74, 6) is -1.67. The van der Waals surface area contributed by atoms with Gasteiger partial charge >= 0.3 is 11.7 Å². The molecule has 0 fully saturated rings. The number of non-ortho nitro benzene ring substituents is 1. The molecule has 2 heterocycles. The fourth-order valence-electron chi connectivity index (χ4n) is 2.63. The molecule has 29 heavy (non-hydrogen) atoms. The second kappa shape index (κ2) is 8.22. The van der Waals surface area contributed by atoms with Crippen LogP contribution in [0.1, 0.15) is 19.5 Å². The maximum absolute atomic E-state index is 12.1. The van der Waals surface area contributed by atoms with E-state index in [9.17, 15) is 24.5 Å². The van der Waals surface area contributed by atoms with Crippen molar-refractivity contribution in [3.05, 3.63) is 49.9 Å². The summed E-state index contributed by atoms with van der Waals surface area (Å²) in [6.07, 6.45) is 0. The van der Waals surface area contributed by atoms with Gasteiger partial charge in [0.05, 0.1) is 22.2 Å². The van der Waals surface area contributed by atoms with Crippen molar-refractivity contribution in [1.82, 2.24) is 9.55 Å². The normalized spacial score (nSPS) is 10.8. The molecule has 152 valence electrons. The van der Waals surface area contributed by atoms with Gasteiger partial charge in [0.2, 0.25) is 5.91 Å². The summed E-state index contributed by atoms with van der Waals surface area (Å²) in [6.45, 7) is 3.18. The molecule has 3 aromatic rings. The standard InChI is InChI=1S/C17H16N4O7S/c1-3-19(10(2)22)16-18-11(9-29-16)8-27-15(23)7-20-13-5-4-12(21(25)26)6-14(13)28-17(20)24/h4-6,9H,3,7-8H2,1-2H3. The molecular formula is C17H16N4O7S. The van der Waals surface area contributed by atoms with E-state index in [0.717, 1.165) is 10.6 Å². The highest BCUT2D eigenvalue weighted by molar-refractivity contribution is 7.14. The van der Waals surface area contributed by atoms with Gasteiger partial charge in [-0.1, -0.05) is 0 Å². The predicted octanol–water partition coefficient (Wildman–Crippen LogP) is 2.08. The zero-order valence-corrected chi connectivity index (χ0v) is 16.3. The van der Waals surface area contributed by atoms with Crippen molar-refractivity contribution in [2.45, 2.75) is 27.0 Å². The number of anilines is 1. The van der Waals surface area contributed by atoms with Crippen LogP contribution in [0.2, 0.25) is 0 Å². The minimum atomic E-state index is -0.826. The van der Waals surface area contributed by atoms with Gasteiger partial charge < -0.3 is 9.15 Å². The van der Waals surface area contributed by atoms with E-state index in [0.29, 0.717) is 17.4 Å². The number of thiazole rings is 1. The molecule has 0 aliphatic carbocycles. The van der Waals surface area contributed by atoms with Gasteiger partial charge in [0.1, 0.15) is 13.2 Å². The summed E-state index contributed by atoms with van der Waals surface area (Å²) in [4.78, 5) is 51.6. The molecule has 0 aliphatic rings. The number of carbonyl (C=O) groups is 2. The third-order valence-electron chi connectivity index (χ3n) is 4.00. The number of aromatic nitrogens is 2.